The van der Waals surface area contributed by atoms with Gasteiger partial charge in [0.25, 0.3) is 0 Å². The molecular formula is C17H23NO. The van der Waals surface area contributed by atoms with Crippen molar-refractivity contribution in [2.24, 2.45) is 0 Å². The third kappa shape index (κ3) is 3.48. The van der Waals surface area contributed by atoms with E-state index in [9.17, 15) is 0 Å². The molecule has 0 fully saturated rings. The molecule has 1 aromatic carbocycles. The van der Waals surface area contributed by atoms with Crippen LogP contribution in [0.4, 0.5) is 0 Å². The Labute approximate surface area is 115 Å². The van der Waals surface area contributed by atoms with E-state index in [0.29, 0.717) is 6.04 Å². The molecule has 2 nitrogen and oxygen atoms in total. The quantitative estimate of drug-likeness (QED) is 0.805. The molecule has 1 unspecified atom stereocenters. The molecule has 19 heavy (non-hydrogen) atoms. The zero-order valence-corrected chi connectivity index (χ0v) is 12.0. The van der Waals surface area contributed by atoms with Crippen LogP contribution in [0.15, 0.2) is 46.9 Å². The summed E-state index contributed by atoms with van der Waals surface area (Å²) in [7, 11) is 0. The van der Waals surface area contributed by atoms with Gasteiger partial charge in [-0.15, -0.1) is 0 Å². The van der Waals surface area contributed by atoms with Crippen LogP contribution in [-0.4, -0.2) is 0 Å². The lowest BCUT2D eigenvalue weighted by Gasteiger charge is -2.23. The van der Waals surface area contributed by atoms with Crippen molar-refractivity contribution in [3.63, 3.8) is 0 Å². The second-order valence-electron chi connectivity index (χ2n) is 4.95. The van der Waals surface area contributed by atoms with Crippen LogP contribution in [-0.2, 0) is 0 Å². The van der Waals surface area contributed by atoms with Gasteiger partial charge in [0, 0.05) is 6.04 Å². The van der Waals surface area contributed by atoms with E-state index in [-0.39, 0.29) is 6.04 Å². The largest absolute Gasteiger partial charge is 0.465 e. The minimum Gasteiger partial charge on any atom is -0.465 e. The Hall–Kier alpha value is -1.54. The van der Waals surface area contributed by atoms with Gasteiger partial charge in [0.05, 0.1) is 6.04 Å². The summed E-state index contributed by atoms with van der Waals surface area (Å²) in [5.74, 6) is 2.01. The number of benzene rings is 1. The normalized spacial score (nSPS) is 14.3. The highest BCUT2D eigenvalue weighted by Crippen LogP contribution is 2.25. The van der Waals surface area contributed by atoms with E-state index < -0.39 is 0 Å². The summed E-state index contributed by atoms with van der Waals surface area (Å²) in [5, 5.41) is 3.71. The Kier molecular flexibility index (Phi) is 4.80. The van der Waals surface area contributed by atoms with E-state index in [2.05, 4.69) is 55.6 Å². The van der Waals surface area contributed by atoms with Gasteiger partial charge in [-0.25, -0.2) is 0 Å². The van der Waals surface area contributed by atoms with Crippen molar-refractivity contribution in [2.75, 3.05) is 0 Å². The third-order valence-corrected chi connectivity index (χ3v) is 3.53. The molecule has 1 aromatic heterocycles. The number of furan rings is 1. The monoisotopic (exact) mass is 257 g/mol. The van der Waals surface area contributed by atoms with Crippen molar-refractivity contribution in [3.05, 3.63) is 59.5 Å². The minimum atomic E-state index is 0.277. The molecule has 0 saturated heterocycles. The highest BCUT2D eigenvalue weighted by Gasteiger charge is 2.18. The molecule has 0 saturated carbocycles. The summed E-state index contributed by atoms with van der Waals surface area (Å²) < 4.78 is 5.76. The van der Waals surface area contributed by atoms with Gasteiger partial charge >= 0.3 is 0 Å². The molecule has 2 atom stereocenters. The van der Waals surface area contributed by atoms with Crippen LogP contribution in [0.25, 0.3) is 0 Å². The highest BCUT2D eigenvalue weighted by molar-refractivity contribution is 5.19. The van der Waals surface area contributed by atoms with Gasteiger partial charge < -0.3 is 9.73 Å². The fourth-order valence-electron chi connectivity index (χ4n) is 2.42. The second-order valence-corrected chi connectivity index (χ2v) is 4.95. The van der Waals surface area contributed by atoms with Crippen LogP contribution in [0.2, 0.25) is 0 Å². The number of nitrogens with one attached hydrogen (secondary N) is 1. The van der Waals surface area contributed by atoms with Crippen molar-refractivity contribution < 1.29 is 4.42 Å². The lowest BCUT2D eigenvalue weighted by atomic mass is 10.0. The molecule has 1 N–H and O–H groups in total. The van der Waals surface area contributed by atoms with Crippen molar-refractivity contribution >= 4 is 0 Å². The zero-order valence-electron chi connectivity index (χ0n) is 12.0. The number of rotatable bonds is 6. The van der Waals surface area contributed by atoms with E-state index in [1.54, 1.807) is 0 Å². The van der Waals surface area contributed by atoms with Gasteiger partial charge in [-0.2, -0.15) is 0 Å². The minimum absolute atomic E-state index is 0.277. The second kappa shape index (κ2) is 6.58. The van der Waals surface area contributed by atoms with Crippen molar-refractivity contribution in [1.82, 2.24) is 5.32 Å². The summed E-state index contributed by atoms with van der Waals surface area (Å²) in [6.45, 7) is 6.39. The third-order valence-electron chi connectivity index (χ3n) is 3.53. The van der Waals surface area contributed by atoms with E-state index in [1.807, 2.05) is 13.0 Å². The van der Waals surface area contributed by atoms with E-state index in [0.717, 1.165) is 24.4 Å². The molecule has 2 heteroatoms. The molecule has 102 valence electrons. The fourth-order valence-corrected chi connectivity index (χ4v) is 2.42. The molecule has 0 aliphatic heterocycles. The summed E-state index contributed by atoms with van der Waals surface area (Å²) in [6, 6.07) is 15.4. The van der Waals surface area contributed by atoms with E-state index >= 15 is 0 Å². The zero-order chi connectivity index (χ0) is 13.7. The first-order valence-corrected chi connectivity index (χ1v) is 7.12. The predicted molar refractivity (Wildman–Crippen MR) is 79.1 cm³/mol. The van der Waals surface area contributed by atoms with Gasteiger partial charge in [-0.1, -0.05) is 44.2 Å². The average Bonchev–Trinajstić information content (AvgIpc) is 2.88. The Balaban J connectivity index is 2.12. The Morgan fingerprint density at radius 2 is 1.63 bits per heavy atom. The van der Waals surface area contributed by atoms with E-state index in [4.69, 9.17) is 4.42 Å². The van der Waals surface area contributed by atoms with Crippen LogP contribution < -0.4 is 5.32 Å². The SMILES string of the molecule is CCC(N[C@H](CC)c1ccc(C)o1)c1ccccc1. The molecule has 1 heterocycles. The molecular weight excluding hydrogens is 234 g/mol. The maximum absolute atomic E-state index is 5.76. The van der Waals surface area contributed by atoms with Crippen molar-refractivity contribution in [1.29, 1.82) is 0 Å². The standard InChI is InChI=1S/C17H23NO/c1-4-15(14-9-7-6-8-10-14)18-16(5-2)17-12-11-13(3)19-17/h6-12,15-16,18H,4-5H2,1-3H3/t15?,16-/m1/s1. The van der Waals surface area contributed by atoms with Gasteiger partial charge in [-0.05, 0) is 37.5 Å². The Bertz CT molecular complexity index is 489. The summed E-state index contributed by atoms with van der Waals surface area (Å²) in [5.41, 5.74) is 1.34. The maximum atomic E-state index is 5.76. The Morgan fingerprint density at radius 3 is 2.16 bits per heavy atom. The van der Waals surface area contributed by atoms with Gasteiger partial charge in [-0.3, -0.25) is 0 Å². The van der Waals surface area contributed by atoms with Crippen LogP contribution in [0.1, 0.15) is 55.9 Å². The molecule has 2 aromatic rings. The van der Waals surface area contributed by atoms with Crippen molar-refractivity contribution in [2.45, 2.75) is 45.7 Å². The number of hydrogen-bond acceptors (Lipinski definition) is 2. The van der Waals surface area contributed by atoms with Crippen LogP contribution in [0.3, 0.4) is 0 Å². The average molecular weight is 257 g/mol. The lowest BCUT2D eigenvalue weighted by Crippen LogP contribution is -2.25. The molecule has 0 spiro atoms. The summed E-state index contributed by atoms with van der Waals surface area (Å²) in [4.78, 5) is 0. The maximum Gasteiger partial charge on any atom is 0.121 e. The van der Waals surface area contributed by atoms with Gasteiger partial charge in [0.1, 0.15) is 11.5 Å². The van der Waals surface area contributed by atoms with Crippen LogP contribution in [0.5, 0.6) is 0 Å². The first kappa shape index (κ1) is 13.9. The summed E-state index contributed by atoms with van der Waals surface area (Å²) >= 11 is 0. The molecule has 0 radical (unpaired) electrons. The highest BCUT2D eigenvalue weighted by atomic mass is 16.3. The van der Waals surface area contributed by atoms with Gasteiger partial charge in [0.2, 0.25) is 0 Å². The van der Waals surface area contributed by atoms with E-state index in [1.165, 1.54) is 5.56 Å². The fraction of sp³-hybridized carbons (Fsp3) is 0.412. The lowest BCUT2D eigenvalue weighted by molar-refractivity contribution is 0.355. The predicted octanol–water partition coefficient (Wildman–Crippen LogP) is 4.78. The summed E-state index contributed by atoms with van der Waals surface area (Å²) in [6.07, 6.45) is 2.09. The number of aryl methyl sites for hydroxylation is 1. The Morgan fingerprint density at radius 1 is 0.947 bits per heavy atom. The van der Waals surface area contributed by atoms with Crippen LogP contribution in [0, 0.1) is 6.92 Å². The molecule has 2 rings (SSSR count). The van der Waals surface area contributed by atoms with Crippen molar-refractivity contribution in [3.8, 4) is 0 Å². The topological polar surface area (TPSA) is 25.2 Å². The molecule has 0 aliphatic carbocycles. The number of hydrogen-bond donors (Lipinski definition) is 1. The van der Waals surface area contributed by atoms with Gasteiger partial charge in [0.15, 0.2) is 0 Å². The first-order chi connectivity index (χ1) is 9.24. The van der Waals surface area contributed by atoms with Crippen LogP contribution >= 0.6 is 0 Å². The molecule has 0 bridgehead atoms. The molecule has 0 aliphatic rings. The molecule has 0 amide bonds. The smallest absolute Gasteiger partial charge is 0.121 e. The first-order valence-electron chi connectivity index (χ1n) is 7.12.